The Hall–Kier alpha value is -1.64. The largest absolute Gasteiger partial charge is 0.496 e. The molecule has 0 aliphatic carbocycles. The van der Waals surface area contributed by atoms with E-state index < -0.39 is 10.0 Å². The average Bonchev–Trinajstić information content (AvgIpc) is 2.94. The maximum atomic E-state index is 12.8. The summed E-state index contributed by atoms with van der Waals surface area (Å²) in [5.41, 5.74) is 1.02. The number of hydrogen-bond donors (Lipinski definition) is 0. The van der Waals surface area contributed by atoms with E-state index in [2.05, 4.69) is 0 Å². The number of benzene rings is 1. The van der Waals surface area contributed by atoms with Gasteiger partial charge in [0.15, 0.2) is 0 Å². The highest BCUT2D eigenvalue weighted by Gasteiger charge is 2.40. The van der Waals surface area contributed by atoms with Crippen LogP contribution in [0.4, 0.5) is 0 Å². The lowest BCUT2D eigenvalue weighted by atomic mass is 9.92. The van der Waals surface area contributed by atoms with Gasteiger partial charge in [-0.05, 0) is 31.4 Å². The molecule has 1 amide bonds. The summed E-state index contributed by atoms with van der Waals surface area (Å²) in [5, 5.41) is 0. The van der Waals surface area contributed by atoms with Crippen molar-refractivity contribution in [2.24, 2.45) is 5.92 Å². The topological polar surface area (TPSA) is 76.2 Å². The highest BCUT2D eigenvalue weighted by Crippen LogP contribution is 2.28. The zero-order valence-electron chi connectivity index (χ0n) is 16.7. The van der Waals surface area contributed by atoms with Crippen LogP contribution in [0, 0.1) is 5.92 Å². The summed E-state index contributed by atoms with van der Waals surface area (Å²) in [7, 11) is -1.64. The number of methoxy groups -OCH3 is 1. The molecule has 2 aliphatic heterocycles. The second-order valence-electron chi connectivity index (χ2n) is 7.35. The van der Waals surface area contributed by atoms with E-state index in [1.54, 1.807) is 18.3 Å². The Morgan fingerprint density at radius 1 is 1.29 bits per heavy atom. The van der Waals surface area contributed by atoms with Crippen LogP contribution in [-0.2, 0) is 26.0 Å². The number of nitrogens with zero attached hydrogens (tertiary/aromatic N) is 2. The lowest BCUT2D eigenvalue weighted by Gasteiger charge is -2.41. The summed E-state index contributed by atoms with van der Waals surface area (Å²) in [5.74, 6) is 1.01. The zero-order valence-corrected chi connectivity index (χ0v) is 17.5. The maximum Gasteiger partial charge on any atom is 0.222 e. The average molecular weight is 411 g/mol. The minimum atomic E-state index is -3.27. The molecule has 0 radical (unpaired) electrons. The molecule has 2 unspecified atom stereocenters. The van der Waals surface area contributed by atoms with E-state index in [-0.39, 0.29) is 23.6 Å². The van der Waals surface area contributed by atoms with E-state index in [9.17, 15) is 13.2 Å². The summed E-state index contributed by atoms with van der Waals surface area (Å²) in [4.78, 5) is 14.6. The molecule has 0 N–H and O–H groups in total. The summed E-state index contributed by atoms with van der Waals surface area (Å²) < 4.78 is 37.6. The first kappa shape index (κ1) is 21.1. The fourth-order valence-electron chi connectivity index (χ4n) is 4.16. The molecule has 0 saturated carbocycles. The molecule has 2 saturated heterocycles. The number of amides is 1. The molecule has 8 heteroatoms. The Bertz CT molecular complexity index is 783. The van der Waals surface area contributed by atoms with Gasteiger partial charge in [0.25, 0.3) is 0 Å². The van der Waals surface area contributed by atoms with Crippen LogP contribution in [0.5, 0.6) is 5.75 Å². The van der Waals surface area contributed by atoms with Gasteiger partial charge >= 0.3 is 0 Å². The quantitative estimate of drug-likeness (QED) is 0.711. The first-order valence-corrected chi connectivity index (χ1v) is 11.5. The molecule has 1 aromatic rings. The van der Waals surface area contributed by atoms with Gasteiger partial charge in [-0.2, -0.15) is 4.31 Å². The van der Waals surface area contributed by atoms with Crippen molar-refractivity contribution in [2.75, 3.05) is 45.7 Å². The number of carbonyl (C=O) groups excluding carboxylic acids is 1. The third-order valence-corrected chi connectivity index (χ3v) is 7.62. The summed E-state index contributed by atoms with van der Waals surface area (Å²) in [6.45, 7) is 4.11. The Kier molecular flexibility index (Phi) is 6.95. The predicted octanol–water partition coefficient (Wildman–Crippen LogP) is 1.53. The van der Waals surface area contributed by atoms with Crippen LogP contribution in [0.3, 0.4) is 0 Å². The number of carbonyl (C=O) groups is 1. The molecule has 2 aliphatic rings. The standard InChI is InChI=1S/C20H30N2O5S/c1-3-28(24,25)22-12-13-27-15-17-14-21(11-10-18(17)22)20(23)9-8-16-6-4-5-7-19(16)26-2/h4-7,17-18H,3,8-15H2,1-2H3. The number of likely N-dealkylation sites (tertiary alicyclic amines) is 1. The van der Waals surface area contributed by atoms with Crippen molar-refractivity contribution in [3.05, 3.63) is 29.8 Å². The van der Waals surface area contributed by atoms with E-state index in [0.29, 0.717) is 52.1 Å². The fraction of sp³-hybridized carbons (Fsp3) is 0.650. The summed E-state index contributed by atoms with van der Waals surface area (Å²) >= 11 is 0. The summed E-state index contributed by atoms with van der Waals surface area (Å²) in [6.07, 6.45) is 1.70. The van der Waals surface area contributed by atoms with Crippen LogP contribution >= 0.6 is 0 Å². The second-order valence-corrected chi connectivity index (χ2v) is 9.56. The van der Waals surface area contributed by atoms with Crippen molar-refractivity contribution in [3.63, 3.8) is 0 Å². The Morgan fingerprint density at radius 3 is 2.82 bits per heavy atom. The molecule has 2 atom stereocenters. The van der Waals surface area contributed by atoms with Crippen molar-refractivity contribution in [2.45, 2.75) is 32.2 Å². The van der Waals surface area contributed by atoms with E-state index in [1.165, 1.54) is 0 Å². The van der Waals surface area contributed by atoms with Gasteiger partial charge in [0.1, 0.15) is 5.75 Å². The molecule has 7 nitrogen and oxygen atoms in total. The van der Waals surface area contributed by atoms with Crippen LogP contribution < -0.4 is 4.74 Å². The molecule has 0 spiro atoms. The van der Waals surface area contributed by atoms with Gasteiger partial charge in [-0.15, -0.1) is 0 Å². The molecule has 2 heterocycles. The van der Waals surface area contributed by atoms with Crippen LogP contribution in [0.2, 0.25) is 0 Å². The lowest BCUT2D eigenvalue weighted by Crippen LogP contribution is -2.54. The number of hydrogen-bond acceptors (Lipinski definition) is 5. The molecule has 1 aromatic carbocycles. The number of piperidine rings is 1. The van der Waals surface area contributed by atoms with Gasteiger partial charge in [-0.3, -0.25) is 4.79 Å². The van der Waals surface area contributed by atoms with Crippen molar-refractivity contribution in [1.29, 1.82) is 0 Å². The number of ether oxygens (including phenoxy) is 2. The number of sulfonamides is 1. The molecular formula is C20H30N2O5S. The van der Waals surface area contributed by atoms with Crippen LogP contribution in [-0.4, -0.2) is 75.3 Å². The van der Waals surface area contributed by atoms with Crippen molar-refractivity contribution >= 4 is 15.9 Å². The third-order valence-electron chi connectivity index (χ3n) is 5.73. The predicted molar refractivity (Wildman–Crippen MR) is 107 cm³/mol. The van der Waals surface area contributed by atoms with E-state index >= 15 is 0 Å². The van der Waals surface area contributed by atoms with Gasteiger partial charge in [-0.25, -0.2) is 8.42 Å². The van der Waals surface area contributed by atoms with Crippen LogP contribution in [0.1, 0.15) is 25.3 Å². The molecule has 28 heavy (non-hydrogen) atoms. The molecule has 0 aromatic heterocycles. The Labute approximate surface area is 167 Å². The van der Waals surface area contributed by atoms with Crippen molar-refractivity contribution in [3.8, 4) is 5.75 Å². The monoisotopic (exact) mass is 410 g/mol. The molecule has 3 rings (SSSR count). The van der Waals surface area contributed by atoms with Gasteiger partial charge in [0, 0.05) is 38.0 Å². The van der Waals surface area contributed by atoms with Gasteiger partial charge in [0.2, 0.25) is 15.9 Å². The highest BCUT2D eigenvalue weighted by atomic mass is 32.2. The van der Waals surface area contributed by atoms with Crippen LogP contribution in [0.15, 0.2) is 24.3 Å². The first-order valence-electron chi connectivity index (χ1n) is 9.93. The van der Waals surface area contributed by atoms with Crippen molar-refractivity contribution in [1.82, 2.24) is 9.21 Å². The summed E-state index contributed by atoms with van der Waals surface area (Å²) in [6, 6.07) is 7.66. The minimum absolute atomic E-state index is 0.0211. The maximum absolute atomic E-state index is 12.8. The van der Waals surface area contributed by atoms with Gasteiger partial charge in [0.05, 0.1) is 26.1 Å². The first-order chi connectivity index (χ1) is 13.5. The number of para-hydroxylation sites is 1. The van der Waals surface area contributed by atoms with E-state index in [0.717, 1.165) is 11.3 Å². The number of rotatable bonds is 6. The van der Waals surface area contributed by atoms with E-state index in [1.807, 2.05) is 29.2 Å². The normalized spacial score (nSPS) is 23.7. The number of aryl methyl sites for hydroxylation is 1. The highest BCUT2D eigenvalue weighted by molar-refractivity contribution is 7.89. The lowest BCUT2D eigenvalue weighted by molar-refractivity contribution is -0.134. The molecule has 2 fully saturated rings. The van der Waals surface area contributed by atoms with Gasteiger partial charge in [-0.1, -0.05) is 18.2 Å². The fourth-order valence-corrected chi connectivity index (χ4v) is 5.54. The number of fused-ring (bicyclic) bond motifs is 1. The Balaban J connectivity index is 1.63. The van der Waals surface area contributed by atoms with Crippen LogP contribution in [0.25, 0.3) is 0 Å². The SMILES string of the molecule is CCS(=O)(=O)N1CCOCC2CN(C(=O)CCc3ccccc3OC)CCC21. The zero-order chi connectivity index (χ0) is 20.1. The Morgan fingerprint density at radius 2 is 2.07 bits per heavy atom. The molecule has 0 bridgehead atoms. The van der Waals surface area contributed by atoms with Gasteiger partial charge < -0.3 is 14.4 Å². The molecular weight excluding hydrogens is 380 g/mol. The smallest absolute Gasteiger partial charge is 0.222 e. The van der Waals surface area contributed by atoms with E-state index in [4.69, 9.17) is 9.47 Å². The van der Waals surface area contributed by atoms with Crippen molar-refractivity contribution < 1.29 is 22.7 Å². The minimum Gasteiger partial charge on any atom is -0.496 e. The molecule has 156 valence electrons. The second kappa shape index (κ2) is 9.24. The third kappa shape index (κ3) is 4.67.